The zero-order chi connectivity index (χ0) is 16.6. The summed E-state index contributed by atoms with van der Waals surface area (Å²) in [6.45, 7) is 2.51. The van der Waals surface area contributed by atoms with E-state index in [1.165, 1.54) is 12.8 Å². The Morgan fingerprint density at radius 2 is 2.12 bits per heavy atom. The topological polar surface area (TPSA) is 92.7 Å². The summed E-state index contributed by atoms with van der Waals surface area (Å²) in [6, 6.07) is 3.98. The molecule has 3 aromatic rings. The van der Waals surface area contributed by atoms with Crippen LogP contribution in [0.1, 0.15) is 30.9 Å². The van der Waals surface area contributed by atoms with Gasteiger partial charge >= 0.3 is 0 Å². The van der Waals surface area contributed by atoms with Gasteiger partial charge < -0.3 is 9.64 Å². The SMILES string of the molecule is c1nc(N2CCC(COc3ccc(C4CC4)nn3)C2)c2cn[nH]c2n1. The Kier molecular flexibility index (Phi) is 3.46. The molecule has 2 aliphatic rings. The van der Waals surface area contributed by atoms with Gasteiger partial charge in [-0.2, -0.15) is 10.2 Å². The molecule has 1 N–H and O–H groups in total. The number of aromatic amines is 1. The minimum absolute atomic E-state index is 0.446. The summed E-state index contributed by atoms with van der Waals surface area (Å²) in [6.07, 6.45) is 6.90. The highest BCUT2D eigenvalue weighted by atomic mass is 16.5. The molecule has 25 heavy (non-hydrogen) atoms. The van der Waals surface area contributed by atoms with Crippen molar-refractivity contribution in [3.8, 4) is 5.88 Å². The number of nitrogens with one attached hydrogen (secondary N) is 1. The molecule has 1 saturated heterocycles. The average molecular weight is 337 g/mol. The number of aromatic nitrogens is 6. The van der Waals surface area contributed by atoms with Gasteiger partial charge in [0.05, 0.1) is 23.9 Å². The predicted molar refractivity (Wildman–Crippen MR) is 91.5 cm³/mol. The number of hydrogen-bond donors (Lipinski definition) is 1. The lowest BCUT2D eigenvalue weighted by Crippen LogP contribution is -2.23. The van der Waals surface area contributed by atoms with Gasteiger partial charge in [0.25, 0.3) is 0 Å². The molecule has 5 rings (SSSR count). The largest absolute Gasteiger partial charge is 0.476 e. The number of rotatable bonds is 5. The molecule has 1 saturated carbocycles. The van der Waals surface area contributed by atoms with Crippen LogP contribution in [0.2, 0.25) is 0 Å². The van der Waals surface area contributed by atoms with Crippen LogP contribution in [-0.4, -0.2) is 50.1 Å². The van der Waals surface area contributed by atoms with Gasteiger partial charge in [0.2, 0.25) is 5.88 Å². The highest BCUT2D eigenvalue weighted by molar-refractivity contribution is 5.86. The first kappa shape index (κ1) is 14.6. The second-order valence-corrected chi connectivity index (χ2v) is 6.81. The van der Waals surface area contributed by atoms with E-state index < -0.39 is 0 Å². The van der Waals surface area contributed by atoms with Crippen molar-refractivity contribution in [3.05, 3.63) is 30.4 Å². The molecule has 1 aliphatic carbocycles. The summed E-state index contributed by atoms with van der Waals surface area (Å²) >= 11 is 0. The second kappa shape index (κ2) is 5.94. The fraction of sp³-hybridized carbons (Fsp3) is 0.471. The number of nitrogens with zero attached hydrogens (tertiary/aromatic N) is 6. The van der Waals surface area contributed by atoms with Crippen molar-refractivity contribution in [1.82, 2.24) is 30.4 Å². The monoisotopic (exact) mass is 337 g/mol. The van der Waals surface area contributed by atoms with Crippen molar-refractivity contribution in [2.75, 3.05) is 24.6 Å². The van der Waals surface area contributed by atoms with Crippen molar-refractivity contribution in [1.29, 1.82) is 0 Å². The number of fused-ring (bicyclic) bond motifs is 1. The fourth-order valence-electron chi connectivity index (χ4n) is 3.37. The third-order valence-electron chi connectivity index (χ3n) is 4.94. The minimum Gasteiger partial charge on any atom is -0.476 e. The normalized spacial score (nSPS) is 20.3. The van der Waals surface area contributed by atoms with Crippen LogP contribution in [0.3, 0.4) is 0 Å². The smallest absolute Gasteiger partial charge is 0.233 e. The molecule has 4 heterocycles. The quantitative estimate of drug-likeness (QED) is 0.760. The van der Waals surface area contributed by atoms with Crippen LogP contribution in [0.5, 0.6) is 5.88 Å². The maximum Gasteiger partial charge on any atom is 0.233 e. The highest BCUT2D eigenvalue weighted by Crippen LogP contribution is 2.38. The van der Waals surface area contributed by atoms with Gasteiger partial charge in [-0.3, -0.25) is 5.10 Å². The molecule has 1 aliphatic heterocycles. The summed E-state index contributed by atoms with van der Waals surface area (Å²) < 4.78 is 5.85. The van der Waals surface area contributed by atoms with Crippen molar-refractivity contribution in [2.45, 2.75) is 25.2 Å². The number of hydrogen-bond acceptors (Lipinski definition) is 7. The maximum atomic E-state index is 5.85. The van der Waals surface area contributed by atoms with E-state index in [2.05, 4.69) is 35.3 Å². The lowest BCUT2D eigenvalue weighted by atomic mass is 10.1. The van der Waals surface area contributed by atoms with Gasteiger partial charge in [-0.25, -0.2) is 9.97 Å². The molecular weight excluding hydrogens is 318 g/mol. The van der Waals surface area contributed by atoms with Gasteiger partial charge in [-0.05, 0) is 25.3 Å². The summed E-state index contributed by atoms with van der Waals surface area (Å²) in [5.74, 6) is 2.62. The van der Waals surface area contributed by atoms with Gasteiger partial charge in [-0.1, -0.05) is 0 Å². The van der Waals surface area contributed by atoms with Crippen LogP contribution in [0.4, 0.5) is 5.82 Å². The molecule has 0 radical (unpaired) electrons. The molecule has 1 atom stereocenters. The van der Waals surface area contributed by atoms with Crippen molar-refractivity contribution in [3.63, 3.8) is 0 Å². The van der Waals surface area contributed by atoms with Crippen LogP contribution in [0, 0.1) is 5.92 Å². The van der Waals surface area contributed by atoms with E-state index in [1.54, 1.807) is 12.5 Å². The first-order chi connectivity index (χ1) is 12.4. The van der Waals surface area contributed by atoms with E-state index >= 15 is 0 Å². The lowest BCUT2D eigenvalue weighted by Gasteiger charge is -2.17. The standard InChI is InChI=1S/C17H19N7O/c1-2-12(1)14-3-4-15(22-21-14)25-9-11-5-6-24(8-11)17-13-7-20-23-16(13)18-10-19-17/h3-4,7,10-12H,1-2,5-6,8-9H2,(H,18,19,20,23). The third kappa shape index (κ3) is 2.88. The van der Waals surface area contributed by atoms with Gasteiger partial charge in [0, 0.05) is 31.0 Å². The lowest BCUT2D eigenvalue weighted by molar-refractivity contribution is 0.249. The molecule has 0 amide bonds. The first-order valence-electron chi connectivity index (χ1n) is 8.72. The van der Waals surface area contributed by atoms with Gasteiger partial charge in [0.1, 0.15) is 12.1 Å². The van der Waals surface area contributed by atoms with Crippen molar-refractivity contribution in [2.24, 2.45) is 5.92 Å². The maximum absolute atomic E-state index is 5.85. The van der Waals surface area contributed by atoms with Crippen LogP contribution in [-0.2, 0) is 0 Å². The Labute approximate surface area is 144 Å². The highest BCUT2D eigenvalue weighted by Gasteiger charge is 2.27. The van der Waals surface area contributed by atoms with Gasteiger partial charge in [0.15, 0.2) is 5.65 Å². The first-order valence-corrected chi connectivity index (χ1v) is 8.72. The average Bonchev–Trinajstić information content (AvgIpc) is 3.19. The van der Waals surface area contributed by atoms with E-state index in [0.717, 1.165) is 42.1 Å². The van der Waals surface area contributed by atoms with Gasteiger partial charge in [-0.15, -0.1) is 5.10 Å². The summed E-state index contributed by atoms with van der Waals surface area (Å²) in [7, 11) is 0. The molecule has 1 unspecified atom stereocenters. The summed E-state index contributed by atoms with van der Waals surface area (Å²) in [4.78, 5) is 10.9. The van der Waals surface area contributed by atoms with E-state index in [4.69, 9.17) is 4.74 Å². The van der Waals surface area contributed by atoms with Crippen LogP contribution >= 0.6 is 0 Å². The zero-order valence-electron chi connectivity index (χ0n) is 13.8. The molecular formula is C17H19N7O. The van der Waals surface area contributed by atoms with Crippen molar-refractivity contribution >= 4 is 16.9 Å². The molecule has 2 fully saturated rings. The van der Waals surface area contributed by atoms with Crippen LogP contribution in [0.25, 0.3) is 11.0 Å². The number of anilines is 1. The molecule has 8 heteroatoms. The van der Waals surface area contributed by atoms with E-state index in [9.17, 15) is 0 Å². The van der Waals surface area contributed by atoms with E-state index in [0.29, 0.717) is 24.3 Å². The molecule has 128 valence electrons. The summed E-state index contributed by atoms with van der Waals surface area (Å²) in [5, 5.41) is 16.4. The van der Waals surface area contributed by atoms with Crippen LogP contribution < -0.4 is 9.64 Å². The Hall–Kier alpha value is -2.77. The summed E-state index contributed by atoms with van der Waals surface area (Å²) in [5.41, 5.74) is 1.86. The Morgan fingerprint density at radius 3 is 2.96 bits per heavy atom. The van der Waals surface area contributed by atoms with Crippen molar-refractivity contribution < 1.29 is 4.74 Å². The number of ether oxygens (including phenoxy) is 1. The third-order valence-corrected chi connectivity index (χ3v) is 4.94. The Balaban J connectivity index is 1.21. The second-order valence-electron chi connectivity index (χ2n) is 6.81. The Morgan fingerprint density at radius 1 is 1.16 bits per heavy atom. The van der Waals surface area contributed by atoms with E-state index in [-0.39, 0.29) is 0 Å². The van der Waals surface area contributed by atoms with E-state index in [1.807, 2.05) is 12.1 Å². The predicted octanol–water partition coefficient (Wildman–Crippen LogP) is 1.93. The zero-order valence-corrected chi connectivity index (χ0v) is 13.8. The minimum atomic E-state index is 0.446. The molecule has 3 aromatic heterocycles. The fourth-order valence-corrected chi connectivity index (χ4v) is 3.37. The van der Waals surface area contributed by atoms with Crippen LogP contribution in [0.15, 0.2) is 24.7 Å². The molecule has 0 spiro atoms. The molecule has 0 aromatic carbocycles. The Bertz CT molecular complexity index is 874. The number of H-pyrrole nitrogens is 1. The molecule has 8 nitrogen and oxygen atoms in total. The molecule has 0 bridgehead atoms.